The molecule has 3 nitrogen and oxygen atoms in total. The Hall–Kier alpha value is -2.29. The standard InChI is InChI=1S/C15H15N3/c1-10-3-2-4-11(6-5-10)15-17-13-8-7-12(16)9-14(13)18-15/h2-10H,16H2,1H3,(H,17,18). The lowest BCUT2D eigenvalue weighted by Gasteiger charge is -1.95. The molecule has 2 aromatic rings. The summed E-state index contributed by atoms with van der Waals surface area (Å²) in [6, 6.07) is 5.71. The molecule has 1 heterocycles. The Kier molecular flexibility index (Phi) is 2.52. The molecule has 0 bridgehead atoms. The maximum Gasteiger partial charge on any atom is 0.138 e. The Morgan fingerprint density at radius 1 is 1.28 bits per heavy atom. The monoisotopic (exact) mass is 237 g/mol. The second-order valence-corrected chi connectivity index (χ2v) is 4.59. The number of allylic oxidation sites excluding steroid dienone is 6. The summed E-state index contributed by atoms with van der Waals surface area (Å²) in [5, 5.41) is 0. The van der Waals surface area contributed by atoms with Crippen LogP contribution in [0, 0.1) is 5.92 Å². The molecular weight excluding hydrogens is 222 g/mol. The van der Waals surface area contributed by atoms with E-state index in [-0.39, 0.29) is 0 Å². The summed E-state index contributed by atoms with van der Waals surface area (Å²) in [7, 11) is 0. The molecule has 0 radical (unpaired) electrons. The van der Waals surface area contributed by atoms with Gasteiger partial charge >= 0.3 is 0 Å². The number of fused-ring (bicyclic) bond motifs is 1. The van der Waals surface area contributed by atoms with Crippen molar-refractivity contribution in [2.75, 3.05) is 5.73 Å². The largest absolute Gasteiger partial charge is 0.399 e. The van der Waals surface area contributed by atoms with Gasteiger partial charge in [-0.1, -0.05) is 37.3 Å². The molecule has 1 atom stereocenters. The molecule has 0 amide bonds. The first kappa shape index (κ1) is 10.8. The summed E-state index contributed by atoms with van der Waals surface area (Å²) in [6.07, 6.45) is 10.6. The summed E-state index contributed by atoms with van der Waals surface area (Å²) in [5.74, 6) is 1.34. The Labute approximate surface area is 106 Å². The number of hydrogen-bond acceptors (Lipinski definition) is 2. The van der Waals surface area contributed by atoms with Gasteiger partial charge in [-0.25, -0.2) is 4.98 Å². The van der Waals surface area contributed by atoms with Crippen molar-refractivity contribution < 1.29 is 0 Å². The van der Waals surface area contributed by atoms with E-state index in [0.29, 0.717) is 5.92 Å². The fourth-order valence-electron chi connectivity index (χ4n) is 2.03. The summed E-state index contributed by atoms with van der Waals surface area (Å²) in [4.78, 5) is 7.88. The molecule has 1 aliphatic carbocycles. The molecule has 18 heavy (non-hydrogen) atoms. The van der Waals surface area contributed by atoms with Gasteiger partial charge in [0.15, 0.2) is 0 Å². The van der Waals surface area contributed by atoms with Crippen molar-refractivity contribution >= 4 is 22.3 Å². The lowest BCUT2D eigenvalue weighted by molar-refractivity contribution is 0.943. The normalized spacial score (nSPS) is 18.9. The summed E-state index contributed by atoms with van der Waals surface area (Å²) in [5.41, 5.74) is 9.51. The van der Waals surface area contributed by atoms with Crippen molar-refractivity contribution in [3.63, 3.8) is 0 Å². The first-order valence-electron chi connectivity index (χ1n) is 6.05. The van der Waals surface area contributed by atoms with E-state index in [2.05, 4.69) is 47.3 Å². The zero-order valence-corrected chi connectivity index (χ0v) is 10.2. The highest BCUT2D eigenvalue weighted by Gasteiger charge is 2.07. The highest BCUT2D eigenvalue weighted by Crippen LogP contribution is 2.22. The van der Waals surface area contributed by atoms with Gasteiger partial charge in [-0.3, -0.25) is 0 Å². The fraction of sp³-hybridized carbons (Fsp3) is 0.133. The topological polar surface area (TPSA) is 54.7 Å². The van der Waals surface area contributed by atoms with Gasteiger partial charge in [-0.15, -0.1) is 0 Å². The van der Waals surface area contributed by atoms with Crippen LogP contribution in [0.5, 0.6) is 0 Å². The number of aromatic nitrogens is 2. The van der Waals surface area contributed by atoms with E-state index >= 15 is 0 Å². The maximum atomic E-state index is 5.77. The zero-order chi connectivity index (χ0) is 12.5. The van der Waals surface area contributed by atoms with Crippen molar-refractivity contribution in [1.82, 2.24) is 9.97 Å². The maximum absolute atomic E-state index is 5.77. The lowest BCUT2D eigenvalue weighted by Crippen LogP contribution is -1.84. The van der Waals surface area contributed by atoms with Gasteiger partial charge < -0.3 is 10.7 Å². The number of benzene rings is 1. The van der Waals surface area contributed by atoms with Crippen LogP contribution in [0.2, 0.25) is 0 Å². The van der Waals surface area contributed by atoms with Crippen LogP contribution in [0.25, 0.3) is 16.6 Å². The van der Waals surface area contributed by atoms with Crippen LogP contribution in [-0.2, 0) is 0 Å². The van der Waals surface area contributed by atoms with E-state index in [4.69, 9.17) is 5.73 Å². The average molecular weight is 237 g/mol. The van der Waals surface area contributed by atoms with Gasteiger partial charge in [0, 0.05) is 11.3 Å². The third-order valence-electron chi connectivity index (χ3n) is 3.05. The number of hydrogen-bond donors (Lipinski definition) is 2. The van der Waals surface area contributed by atoms with Crippen molar-refractivity contribution in [2.45, 2.75) is 6.92 Å². The Morgan fingerprint density at radius 3 is 3.06 bits per heavy atom. The van der Waals surface area contributed by atoms with Gasteiger partial charge in [-0.2, -0.15) is 0 Å². The summed E-state index contributed by atoms with van der Waals surface area (Å²) in [6.45, 7) is 2.16. The molecule has 3 N–H and O–H groups in total. The lowest BCUT2D eigenvalue weighted by atomic mass is 10.1. The summed E-state index contributed by atoms with van der Waals surface area (Å²) < 4.78 is 0. The third kappa shape index (κ3) is 1.95. The van der Waals surface area contributed by atoms with Gasteiger partial charge in [0.05, 0.1) is 11.0 Å². The smallest absolute Gasteiger partial charge is 0.138 e. The van der Waals surface area contributed by atoms with Crippen LogP contribution in [0.4, 0.5) is 5.69 Å². The van der Waals surface area contributed by atoms with E-state index in [1.807, 2.05) is 18.2 Å². The average Bonchev–Trinajstić information content (AvgIpc) is 2.63. The van der Waals surface area contributed by atoms with Gasteiger partial charge in [0.25, 0.3) is 0 Å². The quantitative estimate of drug-likeness (QED) is 0.748. The van der Waals surface area contributed by atoms with E-state index in [1.165, 1.54) is 0 Å². The molecule has 1 unspecified atom stereocenters. The van der Waals surface area contributed by atoms with E-state index < -0.39 is 0 Å². The number of nitrogens with zero attached hydrogens (tertiary/aromatic N) is 1. The number of nitrogen functional groups attached to an aromatic ring is 1. The zero-order valence-electron chi connectivity index (χ0n) is 10.2. The Balaban J connectivity index is 2.07. The highest BCUT2D eigenvalue weighted by atomic mass is 14.9. The first-order chi connectivity index (χ1) is 8.72. The number of nitrogens with two attached hydrogens (primary N) is 1. The van der Waals surface area contributed by atoms with E-state index in [0.717, 1.165) is 28.1 Å². The van der Waals surface area contributed by atoms with Crippen molar-refractivity contribution in [2.24, 2.45) is 5.92 Å². The van der Waals surface area contributed by atoms with Crippen molar-refractivity contribution in [3.8, 4) is 0 Å². The number of rotatable bonds is 1. The molecule has 1 aliphatic rings. The second-order valence-electron chi connectivity index (χ2n) is 4.59. The van der Waals surface area contributed by atoms with Crippen LogP contribution < -0.4 is 5.73 Å². The second kappa shape index (κ2) is 4.18. The highest BCUT2D eigenvalue weighted by molar-refractivity contribution is 5.83. The van der Waals surface area contributed by atoms with E-state index in [9.17, 15) is 0 Å². The third-order valence-corrected chi connectivity index (χ3v) is 3.05. The minimum Gasteiger partial charge on any atom is -0.399 e. The van der Waals surface area contributed by atoms with Gasteiger partial charge in [-0.05, 0) is 24.1 Å². The van der Waals surface area contributed by atoms with Crippen molar-refractivity contribution in [3.05, 3.63) is 54.4 Å². The molecule has 3 rings (SSSR count). The number of anilines is 1. The molecule has 1 aromatic heterocycles. The first-order valence-corrected chi connectivity index (χ1v) is 6.05. The van der Waals surface area contributed by atoms with Crippen LogP contribution in [0.1, 0.15) is 12.7 Å². The van der Waals surface area contributed by atoms with Gasteiger partial charge in [0.1, 0.15) is 5.82 Å². The molecule has 1 aromatic carbocycles. The minimum atomic E-state index is 0.457. The molecule has 0 aliphatic heterocycles. The van der Waals surface area contributed by atoms with Crippen LogP contribution >= 0.6 is 0 Å². The number of imidazole rings is 1. The molecule has 90 valence electrons. The number of nitrogens with one attached hydrogen (secondary N) is 1. The molecule has 0 fully saturated rings. The minimum absolute atomic E-state index is 0.457. The SMILES string of the molecule is CC1C=CC=C(c2nc3ccc(N)cc3[nH]2)C=C1. The van der Waals surface area contributed by atoms with Crippen LogP contribution in [-0.4, -0.2) is 9.97 Å². The Morgan fingerprint density at radius 2 is 2.17 bits per heavy atom. The summed E-state index contributed by atoms with van der Waals surface area (Å²) >= 11 is 0. The molecule has 0 saturated heterocycles. The van der Waals surface area contributed by atoms with Crippen LogP contribution in [0.15, 0.2) is 48.6 Å². The van der Waals surface area contributed by atoms with Crippen LogP contribution in [0.3, 0.4) is 0 Å². The molecule has 0 spiro atoms. The number of H-pyrrole nitrogens is 1. The van der Waals surface area contributed by atoms with Gasteiger partial charge in [0.2, 0.25) is 0 Å². The fourth-order valence-corrected chi connectivity index (χ4v) is 2.03. The molecule has 3 heteroatoms. The molecule has 0 saturated carbocycles. The number of aromatic amines is 1. The van der Waals surface area contributed by atoms with Crippen molar-refractivity contribution in [1.29, 1.82) is 0 Å². The molecular formula is C15H15N3. The predicted molar refractivity (Wildman–Crippen MR) is 75.9 cm³/mol. The Bertz CT molecular complexity index is 674. The predicted octanol–water partition coefficient (Wildman–Crippen LogP) is 3.29. The van der Waals surface area contributed by atoms with E-state index in [1.54, 1.807) is 0 Å².